The minimum absolute atomic E-state index is 0.204. The average Bonchev–Trinajstić information content (AvgIpc) is 2.35. The molecule has 21 heavy (non-hydrogen) atoms. The van der Waals surface area contributed by atoms with Crippen LogP contribution < -0.4 is 10.6 Å². The van der Waals surface area contributed by atoms with Gasteiger partial charge in [0, 0.05) is 34.0 Å². The van der Waals surface area contributed by atoms with Crippen LogP contribution in [0.1, 0.15) is 20.8 Å². The third kappa shape index (κ3) is 3.14. The van der Waals surface area contributed by atoms with Gasteiger partial charge in [0.2, 0.25) is 0 Å². The van der Waals surface area contributed by atoms with E-state index in [-0.39, 0.29) is 4.75 Å². The van der Waals surface area contributed by atoms with Crippen molar-refractivity contribution in [1.29, 1.82) is 0 Å². The summed E-state index contributed by atoms with van der Waals surface area (Å²) < 4.78 is 0.204. The van der Waals surface area contributed by atoms with Crippen LogP contribution in [0.25, 0.3) is 10.9 Å². The lowest BCUT2D eigenvalue weighted by atomic mass is 10.00. The van der Waals surface area contributed by atoms with Gasteiger partial charge < -0.3 is 10.6 Å². The maximum Gasteiger partial charge on any atom is 0.139 e. The lowest BCUT2D eigenvalue weighted by Crippen LogP contribution is -2.50. The number of aromatic nitrogens is 2. The van der Waals surface area contributed by atoms with Gasteiger partial charge in [0.25, 0.3) is 0 Å². The fourth-order valence-corrected chi connectivity index (χ4v) is 3.60. The van der Waals surface area contributed by atoms with E-state index < -0.39 is 0 Å². The van der Waals surface area contributed by atoms with Crippen LogP contribution in [0.5, 0.6) is 0 Å². The van der Waals surface area contributed by atoms with E-state index in [1.165, 1.54) is 4.90 Å². The van der Waals surface area contributed by atoms with Gasteiger partial charge >= 0.3 is 0 Å². The Balaban J connectivity index is 1.90. The maximum atomic E-state index is 5.70. The number of benzene rings is 1. The van der Waals surface area contributed by atoms with E-state index >= 15 is 0 Å². The van der Waals surface area contributed by atoms with Crippen LogP contribution in [0, 0.1) is 5.92 Å². The first-order chi connectivity index (χ1) is 9.96. The van der Waals surface area contributed by atoms with Crippen LogP contribution in [0.3, 0.4) is 0 Å². The van der Waals surface area contributed by atoms with Gasteiger partial charge in [0.1, 0.15) is 12.1 Å². The summed E-state index contributed by atoms with van der Waals surface area (Å²) in [6, 6.07) is 6.48. The molecule has 1 aliphatic heterocycles. The molecule has 1 aliphatic rings. The lowest BCUT2D eigenvalue weighted by Gasteiger charge is -2.39. The summed E-state index contributed by atoms with van der Waals surface area (Å²) in [5.41, 5.74) is 6.72. The van der Waals surface area contributed by atoms with E-state index in [0.717, 1.165) is 36.4 Å². The molecule has 2 heterocycles. The minimum Gasteiger partial charge on any atom is -0.355 e. The normalized spacial score (nSPS) is 16.3. The molecule has 0 spiro atoms. The summed E-state index contributed by atoms with van der Waals surface area (Å²) in [5, 5.41) is 1.13. The van der Waals surface area contributed by atoms with E-state index in [2.05, 4.69) is 53.8 Å². The molecule has 0 radical (unpaired) electrons. The van der Waals surface area contributed by atoms with Crippen molar-refractivity contribution in [2.75, 3.05) is 24.5 Å². The molecule has 2 N–H and O–H groups in total. The molecule has 1 aromatic heterocycles. The van der Waals surface area contributed by atoms with Gasteiger partial charge in [-0.1, -0.05) is 20.8 Å². The van der Waals surface area contributed by atoms with Crippen LogP contribution in [0.2, 0.25) is 0 Å². The van der Waals surface area contributed by atoms with Crippen LogP contribution in [0.4, 0.5) is 5.82 Å². The van der Waals surface area contributed by atoms with Crippen molar-refractivity contribution in [1.82, 2.24) is 9.97 Å². The highest BCUT2D eigenvalue weighted by atomic mass is 32.2. The molecule has 1 aromatic carbocycles. The van der Waals surface area contributed by atoms with Gasteiger partial charge in [-0.3, -0.25) is 0 Å². The number of fused-ring (bicyclic) bond motifs is 1. The second-order valence-corrected chi connectivity index (χ2v) is 8.50. The zero-order valence-electron chi connectivity index (χ0n) is 12.8. The zero-order chi connectivity index (χ0) is 15.0. The molecule has 0 aliphatic carbocycles. The van der Waals surface area contributed by atoms with E-state index in [4.69, 9.17) is 5.73 Å². The Hall–Kier alpha value is -1.33. The van der Waals surface area contributed by atoms with Crippen molar-refractivity contribution >= 4 is 28.5 Å². The molecule has 0 amide bonds. The van der Waals surface area contributed by atoms with Crippen LogP contribution in [0.15, 0.2) is 29.4 Å². The number of nitrogens with zero attached hydrogens (tertiary/aromatic N) is 3. The molecule has 5 heteroatoms. The molecule has 3 rings (SSSR count). The molecule has 0 saturated carbocycles. The third-order valence-corrected chi connectivity index (χ3v) is 4.70. The summed E-state index contributed by atoms with van der Waals surface area (Å²) in [6.45, 7) is 9.43. The Kier molecular flexibility index (Phi) is 3.80. The summed E-state index contributed by atoms with van der Waals surface area (Å²) in [7, 11) is 0. The van der Waals surface area contributed by atoms with Crippen molar-refractivity contribution in [2.45, 2.75) is 30.4 Å². The standard InChI is InChI=1S/C16H22N4S/c1-16(2,3)21-12-4-5-13-14(6-12)18-10-19-15(13)20-8-11(7-17)9-20/h4-6,10-11H,7-9,17H2,1-3H3. The van der Waals surface area contributed by atoms with Crippen molar-refractivity contribution in [3.63, 3.8) is 0 Å². The molecule has 0 unspecified atom stereocenters. The van der Waals surface area contributed by atoms with Crippen LogP contribution in [-0.2, 0) is 0 Å². The first-order valence-corrected chi connectivity index (χ1v) is 8.17. The predicted octanol–water partition coefficient (Wildman–Crippen LogP) is 2.92. The molecule has 2 aromatic rings. The second-order valence-electron chi connectivity index (χ2n) is 6.60. The van der Waals surface area contributed by atoms with E-state index in [0.29, 0.717) is 5.92 Å². The minimum atomic E-state index is 0.204. The molecule has 1 fully saturated rings. The largest absolute Gasteiger partial charge is 0.355 e. The van der Waals surface area contributed by atoms with Crippen LogP contribution >= 0.6 is 11.8 Å². The summed E-state index contributed by atoms with van der Waals surface area (Å²) >= 11 is 1.86. The van der Waals surface area contributed by atoms with E-state index in [1.807, 2.05) is 11.8 Å². The Labute approximate surface area is 130 Å². The first kappa shape index (κ1) is 14.6. The summed E-state index contributed by atoms with van der Waals surface area (Å²) in [4.78, 5) is 12.4. The quantitative estimate of drug-likeness (QED) is 0.884. The molecule has 112 valence electrons. The third-order valence-electron chi connectivity index (χ3n) is 3.60. The van der Waals surface area contributed by atoms with Gasteiger partial charge in [0.05, 0.1) is 5.52 Å². The van der Waals surface area contributed by atoms with Crippen molar-refractivity contribution in [3.8, 4) is 0 Å². The van der Waals surface area contributed by atoms with Gasteiger partial charge in [-0.25, -0.2) is 9.97 Å². The first-order valence-electron chi connectivity index (χ1n) is 7.35. The number of rotatable bonds is 3. The Bertz CT molecular complexity index is 644. The fourth-order valence-electron chi connectivity index (χ4n) is 2.58. The SMILES string of the molecule is CC(C)(C)Sc1ccc2c(N3CC(CN)C3)ncnc2c1. The molecule has 1 saturated heterocycles. The maximum absolute atomic E-state index is 5.70. The average molecular weight is 302 g/mol. The highest BCUT2D eigenvalue weighted by molar-refractivity contribution is 8.00. The van der Waals surface area contributed by atoms with Crippen molar-refractivity contribution in [2.24, 2.45) is 11.7 Å². The zero-order valence-corrected chi connectivity index (χ0v) is 13.7. The lowest BCUT2D eigenvalue weighted by molar-refractivity contribution is 0.418. The second kappa shape index (κ2) is 5.46. The topological polar surface area (TPSA) is 55.0 Å². The molecular weight excluding hydrogens is 280 g/mol. The van der Waals surface area contributed by atoms with Gasteiger partial charge in [-0.15, -0.1) is 11.8 Å². The summed E-state index contributed by atoms with van der Waals surface area (Å²) in [5.74, 6) is 1.64. The predicted molar refractivity (Wildman–Crippen MR) is 89.9 cm³/mol. The Morgan fingerprint density at radius 2 is 2.05 bits per heavy atom. The molecular formula is C16H22N4S. The molecule has 0 atom stereocenters. The smallest absolute Gasteiger partial charge is 0.139 e. The van der Waals surface area contributed by atoms with Crippen LogP contribution in [-0.4, -0.2) is 34.3 Å². The number of nitrogens with two attached hydrogens (primary N) is 1. The number of anilines is 1. The highest BCUT2D eigenvalue weighted by Gasteiger charge is 2.27. The number of thioether (sulfide) groups is 1. The number of hydrogen-bond acceptors (Lipinski definition) is 5. The summed E-state index contributed by atoms with van der Waals surface area (Å²) in [6.07, 6.45) is 1.67. The van der Waals surface area contributed by atoms with Crippen molar-refractivity contribution in [3.05, 3.63) is 24.5 Å². The van der Waals surface area contributed by atoms with Gasteiger partial charge in [0.15, 0.2) is 0 Å². The number of hydrogen-bond donors (Lipinski definition) is 1. The highest BCUT2D eigenvalue weighted by Crippen LogP contribution is 2.35. The van der Waals surface area contributed by atoms with Crippen molar-refractivity contribution < 1.29 is 0 Å². The Morgan fingerprint density at radius 1 is 1.29 bits per heavy atom. The van der Waals surface area contributed by atoms with E-state index in [9.17, 15) is 0 Å². The van der Waals surface area contributed by atoms with E-state index in [1.54, 1.807) is 6.33 Å². The fraction of sp³-hybridized carbons (Fsp3) is 0.500. The Morgan fingerprint density at radius 3 is 2.71 bits per heavy atom. The van der Waals surface area contributed by atoms with Gasteiger partial charge in [-0.2, -0.15) is 0 Å². The monoisotopic (exact) mass is 302 g/mol. The molecule has 4 nitrogen and oxygen atoms in total. The van der Waals surface area contributed by atoms with Gasteiger partial charge in [-0.05, 0) is 24.7 Å². The molecule has 0 bridgehead atoms.